The first-order valence-corrected chi connectivity index (χ1v) is 10.4. The number of rotatable bonds is 13. The van der Waals surface area contributed by atoms with Gasteiger partial charge in [0.25, 0.3) is 0 Å². The highest BCUT2D eigenvalue weighted by Crippen LogP contribution is 2.16. The van der Waals surface area contributed by atoms with Gasteiger partial charge in [0.2, 0.25) is 0 Å². The van der Waals surface area contributed by atoms with Crippen LogP contribution in [0.1, 0.15) is 83.5 Å². The average molecular weight is 302 g/mol. The van der Waals surface area contributed by atoms with Gasteiger partial charge in [-0.05, 0) is 43.0 Å². The van der Waals surface area contributed by atoms with Gasteiger partial charge in [-0.2, -0.15) is 0 Å². The molecule has 0 unspecified atom stereocenters. The van der Waals surface area contributed by atoms with Crippen LogP contribution in [0, 0.1) is 0 Å². The second kappa shape index (κ2) is 12.6. The van der Waals surface area contributed by atoms with Gasteiger partial charge in [0.1, 0.15) is 17.3 Å². The smallest absolute Gasteiger partial charge is 0.303 e. The van der Waals surface area contributed by atoms with E-state index in [0.717, 1.165) is 23.7 Å². The van der Waals surface area contributed by atoms with E-state index < -0.39 is 5.97 Å². The second-order valence-corrected chi connectivity index (χ2v) is 8.56. The van der Waals surface area contributed by atoms with Crippen LogP contribution < -0.4 is 0 Å². The van der Waals surface area contributed by atoms with Gasteiger partial charge >= 0.3 is 5.97 Å². The zero-order valence-corrected chi connectivity index (χ0v) is 13.9. The number of hydrogen-bond acceptors (Lipinski definition) is 1. The van der Waals surface area contributed by atoms with Crippen molar-refractivity contribution in [3.05, 3.63) is 0 Å². The summed E-state index contributed by atoms with van der Waals surface area (Å²) in [5.41, 5.74) is 0. The number of carboxylic acids is 1. The Morgan fingerprint density at radius 3 is 1.70 bits per heavy atom. The molecular formula is C17H33O2S+. The first-order chi connectivity index (χ1) is 9.79. The molecule has 0 aromatic rings. The molecule has 1 heterocycles. The van der Waals surface area contributed by atoms with Crippen molar-refractivity contribution in [1.29, 1.82) is 0 Å². The fourth-order valence-electron chi connectivity index (χ4n) is 2.92. The van der Waals surface area contributed by atoms with Crippen molar-refractivity contribution in [1.82, 2.24) is 0 Å². The SMILES string of the molecule is O=C(O)CCCCCCCCCCCC[S+]1CCCC1. The van der Waals surface area contributed by atoms with Crippen LogP contribution in [0.25, 0.3) is 0 Å². The van der Waals surface area contributed by atoms with Crippen molar-refractivity contribution in [2.24, 2.45) is 0 Å². The van der Waals surface area contributed by atoms with Crippen LogP contribution in [0.2, 0.25) is 0 Å². The Balaban J connectivity index is 1.69. The van der Waals surface area contributed by atoms with Gasteiger partial charge in [-0.1, -0.05) is 44.9 Å². The van der Waals surface area contributed by atoms with E-state index in [9.17, 15) is 4.79 Å². The van der Waals surface area contributed by atoms with Crippen LogP contribution in [-0.4, -0.2) is 28.3 Å². The van der Waals surface area contributed by atoms with Crippen LogP contribution >= 0.6 is 0 Å². The van der Waals surface area contributed by atoms with Crippen molar-refractivity contribution in [3.8, 4) is 0 Å². The highest BCUT2D eigenvalue weighted by molar-refractivity contribution is 7.97. The Kier molecular flexibility index (Phi) is 11.2. The van der Waals surface area contributed by atoms with Gasteiger partial charge in [0.05, 0.1) is 0 Å². The van der Waals surface area contributed by atoms with Gasteiger partial charge in [-0.15, -0.1) is 0 Å². The lowest BCUT2D eigenvalue weighted by atomic mass is 10.1. The molecule has 0 bridgehead atoms. The number of aliphatic carboxylic acids is 1. The molecule has 1 fully saturated rings. The van der Waals surface area contributed by atoms with Crippen molar-refractivity contribution in [3.63, 3.8) is 0 Å². The van der Waals surface area contributed by atoms with Crippen LogP contribution in [0.3, 0.4) is 0 Å². The maximum Gasteiger partial charge on any atom is 0.303 e. The summed E-state index contributed by atoms with van der Waals surface area (Å²) in [6.07, 6.45) is 16.3. The van der Waals surface area contributed by atoms with E-state index in [1.54, 1.807) is 0 Å². The minimum atomic E-state index is -0.650. The van der Waals surface area contributed by atoms with E-state index in [1.807, 2.05) is 0 Å². The van der Waals surface area contributed by atoms with Crippen molar-refractivity contribution in [2.45, 2.75) is 83.5 Å². The van der Waals surface area contributed by atoms with E-state index in [1.165, 1.54) is 81.5 Å². The summed E-state index contributed by atoms with van der Waals surface area (Å²) in [6, 6.07) is 0. The molecule has 0 atom stereocenters. The van der Waals surface area contributed by atoms with Crippen molar-refractivity contribution < 1.29 is 9.90 Å². The van der Waals surface area contributed by atoms with Gasteiger partial charge in [-0.25, -0.2) is 0 Å². The molecule has 0 spiro atoms. The summed E-state index contributed by atoms with van der Waals surface area (Å²) in [5.74, 6) is 3.93. The van der Waals surface area contributed by atoms with E-state index in [2.05, 4.69) is 0 Å². The molecule has 3 heteroatoms. The quantitative estimate of drug-likeness (QED) is 0.393. The predicted molar refractivity (Wildman–Crippen MR) is 89.6 cm³/mol. The lowest BCUT2D eigenvalue weighted by molar-refractivity contribution is -0.137. The Hall–Kier alpha value is -0.180. The summed E-state index contributed by atoms with van der Waals surface area (Å²) in [7, 11) is 0.814. The molecule has 0 aliphatic carbocycles. The Bertz CT molecular complexity index is 237. The number of carbonyl (C=O) groups is 1. The minimum Gasteiger partial charge on any atom is -0.481 e. The van der Waals surface area contributed by atoms with Gasteiger partial charge in [0, 0.05) is 6.42 Å². The largest absolute Gasteiger partial charge is 0.481 e. The molecule has 1 saturated heterocycles. The highest BCUT2D eigenvalue weighted by atomic mass is 32.2. The molecule has 1 rings (SSSR count). The predicted octanol–water partition coefficient (Wildman–Crippen LogP) is 4.77. The molecule has 0 saturated carbocycles. The molecular weight excluding hydrogens is 268 g/mol. The topological polar surface area (TPSA) is 37.3 Å². The third-order valence-corrected chi connectivity index (χ3v) is 6.79. The Morgan fingerprint density at radius 2 is 1.20 bits per heavy atom. The summed E-state index contributed by atoms with van der Waals surface area (Å²) in [6.45, 7) is 0. The second-order valence-electron chi connectivity index (χ2n) is 6.11. The summed E-state index contributed by atoms with van der Waals surface area (Å²) >= 11 is 0. The summed E-state index contributed by atoms with van der Waals surface area (Å²) in [4.78, 5) is 10.3. The molecule has 0 aromatic heterocycles. The van der Waals surface area contributed by atoms with Gasteiger partial charge < -0.3 is 5.11 Å². The zero-order valence-electron chi connectivity index (χ0n) is 13.1. The molecule has 1 N–H and O–H groups in total. The van der Waals surface area contributed by atoms with E-state index in [-0.39, 0.29) is 0 Å². The molecule has 2 nitrogen and oxygen atoms in total. The highest BCUT2D eigenvalue weighted by Gasteiger charge is 2.22. The number of unbranched alkanes of at least 4 members (excludes halogenated alkanes) is 9. The maximum absolute atomic E-state index is 10.3. The van der Waals surface area contributed by atoms with E-state index in [4.69, 9.17) is 5.11 Å². The lowest BCUT2D eigenvalue weighted by Gasteiger charge is -2.03. The zero-order chi connectivity index (χ0) is 14.5. The van der Waals surface area contributed by atoms with Crippen molar-refractivity contribution in [2.75, 3.05) is 17.3 Å². The third kappa shape index (κ3) is 10.6. The molecule has 1 aliphatic rings. The van der Waals surface area contributed by atoms with Crippen LogP contribution in [0.5, 0.6) is 0 Å². The monoisotopic (exact) mass is 301 g/mol. The van der Waals surface area contributed by atoms with E-state index >= 15 is 0 Å². The summed E-state index contributed by atoms with van der Waals surface area (Å²) < 4.78 is 0. The van der Waals surface area contributed by atoms with Crippen LogP contribution in [0.15, 0.2) is 0 Å². The normalized spacial score (nSPS) is 15.8. The van der Waals surface area contributed by atoms with Crippen molar-refractivity contribution >= 4 is 16.9 Å². The summed E-state index contributed by atoms with van der Waals surface area (Å²) in [5, 5.41) is 8.53. The van der Waals surface area contributed by atoms with Gasteiger partial charge in [-0.3, -0.25) is 4.79 Å². The molecule has 0 aromatic carbocycles. The van der Waals surface area contributed by atoms with Crippen LogP contribution in [-0.2, 0) is 15.7 Å². The molecule has 1 aliphatic heterocycles. The Morgan fingerprint density at radius 1 is 0.750 bits per heavy atom. The van der Waals surface area contributed by atoms with E-state index in [0.29, 0.717) is 6.42 Å². The minimum absolute atomic E-state index is 0.349. The first-order valence-electron chi connectivity index (χ1n) is 8.65. The molecule has 0 radical (unpaired) electrons. The molecule has 0 amide bonds. The number of carboxylic acid groups (broad SMARTS) is 1. The average Bonchev–Trinajstić information content (AvgIpc) is 2.93. The lowest BCUT2D eigenvalue weighted by Crippen LogP contribution is -2.08. The Labute approximate surface area is 128 Å². The standard InChI is InChI=1S/C17H32O2S/c18-17(19)13-9-7-5-3-1-2-4-6-8-10-14-20-15-11-12-16-20/h1-16H2/p+1. The molecule has 20 heavy (non-hydrogen) atoms. The first kappa shape index (κ1) is 17.9. The van der Waals surface area contributed by atoms with Crippen LogP contribution in [0.4, 0.5) is 0 Å². The molecule has 118 valence electrons. The number of hydrogen-bond donors (Lipinski definition) is 1. The fourth-order valence-corrected chi connectivity index (χ4v) is 5.36. The van der Waals surface area contributed by atoms with Gasteiger partial charge in [0.15, 0.2) is 0 Å². The maximum atomic E-state index is 10.3. The fraction of sp³-hybridized carbons (Fsp3) is 0.941. The third-order valence-electron chi connectivity index (χ3n) is 4.19.